The largest absolute Gasteiger partial charge is 0.490 e. The van der Waals surface area contributed by atoms with E-state index in [0.29, 0.717) is 18.1 Å². The molecular weight excluding hydrogens is 522 g/mol. The van der Waals surface area contributed by atoms with Crippen molar-refractivity contribution in [3.63, 3.8) is 0 Å². The lowest BCUT2D eigenvalue weighted by Crippen LogP contribution is -2.36. The van der Waals surface area contributed by atoms with E-state index < -0.39 is 0 Å². The molecule has 1 heterocycles. The first kappa shape index (κ1) is 25.7. The van der Waals surface area contributed by atoms with Gasteiger partial charge in [-0.05, 0) is 78.3 Å². The van der Waals surface area contributed by atoms with Crippen molar-refractivity contribution >= 4 is 45.1 Å². The third kappa shape index (κ3) is 7.08. The molecule has 0 bridgehead atoms. The lowest BCUT2D eigenvalue weighted by molar-refractivity contribution is -0.118. The van der Waals surface area contributed by atoms with E-state index in [1.54, 1.807) is 12.3 Å². The number of nitrogens with zero attached hydrogens (tertiary/aromatic N) is 2. The van der Waals surface area contributed by atoms with Crippen LogP contribution in [0, 0.1) is 6.92 Å². The van der Waals surface area contributed by atoms with Crippen LogP contribution in [0.5, 0.6) is 11.5 Å². The zero-order chi connectivity index (χ0) is 25.3. The molecule has 7 nitrogen and oxygen atoms in total. The number of amides is 1. The summed E-state index contributed by atoms with van der Waals surface area (Å²) in [4.78, 5) is 19.3. The van der Waals surface area contributed by atoms with E-state index in [2.05, 4.69) is 43.3 Å². The number of morpholine rings is 1. The molecule has 188 valence electrons. The van der Waals surface area contributed by atoms with Crippen LogP contribution >= 0.6 is 15.9 Å². The molecule has 1 saturated heterocycles. The summed E-state index contributed by atoms with van der Waals surface area (Å²) in [6.45, 7) is 7.55. The van der Waals surface area contributed by atoms with E-state index in [9.17, 15) is 4.79 Å². The van der Waals surface area contributed by atoms with Gasteiger partial charge in [0.15, 0.2) is 18.1 Å². The molecule has 0 radical (unpaired) electrons. The molecule has 3 aromatic rings. The number of anilines is 2. The van der Waals surface area contributed by atoms with Gasteiger partial charge in [-0.2, -0.15) is 0 Å². The first-order valence-electron chi connectivity index (χ1n) is 11.9. The van der Waals surface area contributed by atoms with Gasteiger partial charge < -0.3 is 24.4 Å². The van der Waals surface area contributed by atoms with Crippen molar-refractivity contribution in [3.05, 3.63) is 76.3 Å². The standard InChI is InChI=1S/C28H30BrN3O4/c1-3-35-26-16-21(18-30-22-8-10-24(11-9-22)32-12-14-34-15-13-32)25(29)17-27(26)36-19-28(33)31-23-6-4-20(2)5-7-23/h4-11,16-18H,3,12-15,19H2,1-2H3,(H,31,33). The lowest BCUT2D eigenvalue weighted by Gasteiger charge is -2.28. The summed E-state index contributed by atoms with van der Waals surface area (Å²) in [7, 11) is 0. The summed E-state index contributed by atoms with van der Waals surface area (Å²) in [5, 5.41) is 2.83. The summed E-state index contributed by atoms with van der Waals surface area (Å²) in [6.07, 6.45) is 1.78. The van der Waals surface area contributed by atoms with Crippen LogP contribution in [0.3, 0.4) is 0 Å². The number of hydrogen-bond donors (Lipinski definition) is 1. The first-order chi connectivity index (χ1) is 17.5. The second-order valence-electron chi connectivity index (χ2n) is 8.33. The monoisotopic (exact) mass is 551 g/mol. The van der Waals surface area contributed by atoms with Gasteiger partial charge in [0, 0.05) is 40.7 Å². The van der Waals surface area contributed by atoms with Gasteiger partial charge in [0.25, 0.3) is 5.91 Å². The fourth-order valence-electron chi connectivity index (χ4n) is 3.72. The van der Waals surface area contributed by atoms with Crippen molar-refractivity contribution in [2.24, 2.45) is 4.99 Å². The minimum Gasteiger partial charge on any atom is -0.490 e. The Hall–Kier alpha value is -3.36. The van der Waals surface area contributed by atoms with Crippen LogP contribution in [0.2, 0.25) is 0 Å². The normalized spacial score (nSPS) is 13.6. The number of halogens is 1. The van der Waals surface area contributed by atoms with Gasteiger partial charge >= 0.3 is 0 Å². The Balaban J connectivity index is 1.41. The Kier molecular flexibility index (Phi) is 8.97. The van der Waals surface area contributed by atoms with Crippen LogP contribution in [-0.4, -0.2) is 51.6 Å². The molecule has 1 N–H and O–H groups in total. The fourth-order valence-corrected chi connectivity index (χ4v) is 4.15. The zero-order valence-corrected chi connectivity index (χ0v) is 22.1. The van der Waals surface area contributed by atoms with Gasteiger partial charge in [0.2, 0.25) is 0 Å². The maximum absolute atomic E-state index is 12.4. The fraction of sp³-hybridized carbons (Fsp3) is 0.286. The maximum atomic E-state index is 12.4. The van der Waals surface area contributed by atoms with Crippen LogP contribution in [0.1, 0.15) is 18.1 Å². The smallest absolute Gasteiger partial charge is 0.262 e. The van der Waals surface area contributed by atoms with Gasteiger partial charge in [-0.1, -0.05) is 17.7 Å². The maximum Gasteiger partial charge on any atom is 0.262 e. The Morgan fingerprint density at radius 2 is 1.75 bits per heavy atom. The SMILES string of the molecule is CCOc1cc(C=Nc2ccc(N3CCOCC3)cc2)c(Br)cc1OCC(=O)Nc1ccc(C)cc1. The molecule has 8 heteroatoms. The average molecular weight is 552 g/mol. The molecule has 0 aliphatic carbocycles. The van der Waals surface area contributed by atoms with E-state index >= 15 is 0 Å². The number of benzene rings is 3. The molecule has 0 spiro atoms. The summed E-state index contributed by atoms with van der Waals surface area (Å²) in [5.74, 6) is 0.784. The van der Waals surface area contributed by atoms with Crippen LogP contribution in [0.15, 0.2) is 70.1 Å². The predicted octanol–water partition coefficient (Wildman–Crippen LogP) is 5.76. The van der Waals surface area contributed by atoms with E-state index in [-0.39, 0.29) is 12.5 Å². The van der Waals surface area contributed by atoms with Gasteiger partial charge in [0.05, 0.1) is 25.5 Å². The molecule has 0 aromatic heterocycles. The van der Waals surface area contributed by atoms with Gasteiger partial charge in [-0.3, -0.25) is 9.79 Å². The third-order valence-corrected chi connectivity index (χ3v) is 6.32. The highest BCUT2D eigenvalue weighted by atomic mass is 79.9. The molecule has 0 saturated carbocycles. The van der Waals surface area contributed by atoms with Crippen LogP contribution in [0.25, 0.3) is 0 Å². The highest BCUT2D eigenvalue weighted by Gasteiger charge is 2.13. The van der Waals surface area contributed by atoms with Crippen molar-refractivity contribution in [2.45, 2.75) is 13.8 Å². The number of hydrogen-bond acceptors (Lipinski definition) is 6. The molecule has 1 fully saturated rings. The minimum absolute atomic E-state index is 0.136. The summed E-state index contributed by atoms with van der Waals surface area (Å²) in [6, 6.07) is 19.4. The highest BCUT2D eigenvalue weighted by molar-refractivity contribution is 9.10. The molecule has 36 heavy (non-hydrogen) atoms. The Morgan fingerprint density at radius 1 is 1.06 bits per heavy atom. The summed E-state index contributed by atoms with van der Waals surface area (Å²) in [5.41, 5.74) is 4.72. The number of ether oxygens (including phenoxy) is 3. The number of carbonyl (C=O) groups excluding carboxylic acids is 1. The van der Waals surface area contributed by atoms with Gasteiger partial charge in [-0.15, -0.1) is 0 Å². The molecule has 3 aromatic carbocycles. The van der Waals surface area contributed by atoms with Crippen molar-refractivity contribution in [2.75, 3.05) is 49.7 Å². The van der Waals surface area contributed by atoms with Crippen LogP contribution < -0.4 is 19.7 Å². The number of aliphatic imine (C=N–C) groups is 1. The third-order valence-electron chi connectivity index (χ3n) is 5.64. The minimum atomic E-state index is -0.247. The van der Waals surface area contributed by atoms with Crippen LogP contribution in [-0.2, 0) is 9.53 Å². The van der Waals surface area contributed by atoms with Crippen LogP contribution in [0.4, 0.5) is 17.1 Å². The number of rotatable bonds is 9. The summed E-state index contributed by atoms with van der Waals surface area (Å²) >= 11 is 3.59. The quantitative estimate of drug-likeness (QED) is 0.342. The second-order valence-corrected chi connectivity index (χ2v) is 9.18. The topological polar surface area (TPSA) is 72.4 Å². The highest BCUT2D eigenvalue weighted by Crippen LogP contribution is 2.33. The second kappa shape index (κ2) is 12.6. The van der Waals surface area contributed by atoms with E-state index in [1.807, 2.05) is 56.3 Å². The van der Waals surface area contributed by atoms with Gasteiger partial charge in [0.1, 0.15) is 0 Å². The van der Waals surface area contributed by atoms with E-state index in [0.717, 1.165) is 53.3 Å². The number of carbonyl (C=O) groups is 1. The molecule has 1 aliphatic rings. The van der Waals surface area contributed by atoms with Crippen molar-refractivity contribution < 1.29 is 19.0 Å². The summed E-state index contributed by atoms with van der Waals surface area (Å²) < 4.78 is 17.8. The number of nitrogens with one attached hydrogen (secondary N) is 1. The average Bonchev–Trinajstić information content (AvgIpc) is 2.90. The van der Waals surface area contributed by atoms with Crippen molar-refractivity contribution in [3.8, 4) is 11.5 Å². The van der Waals surface area contributed by atoms with Gasteiger partial charge in [-0.25, -0.2) is 0 Å². The molecule has 0 atom stereocenters. The number of aryl methyl sites for hydroxylation is 1. The van der Waals surface area contributed by atoms with E-state index in [1.165, 1.54) is 5.69 Å². The Morgan fingerprint density at radius 3 is 2.44 bits per heavy atom. The predicted molar refractivity (Wildman–Crippen MR) is 147 cm³/mol. The lowest BCUT2D eigenvalue weighted by atomic mass is 10.2. The first-order valence-corrected chi connectivity index (χ1v) is 12.7. The molecule has 1 amide bonds. The Labute approximate surface area is 220 Å². The van der Waals surface area contributed by atoms with E-state index in [4.69, 9.17) is 14.2 Å². The molecular formula is C28H30BrN3O4. The zero-order valence-electron chi connectivity index (χ0n) is 20.5. The Bertz CT molecular complexity index is 1190. The molecule has 1 aliphatic heterocycles. The molecule has 0 unspecified atom stereocenters. The molecule has 4 rings (SSSR count). The van der Waals surface area contributed by atoms with Crippen molar-refractivity contribution in [1.82, 2.24) is 0 Å². The van der Waals surface area contributed by atoms with Crippen molar-refractivity contribution in [1.29, 1.82) is 0 Å².